The molecule has 0 bridgehead atoms. The number of rotatable bonds is 6. The minimum atomic E-state index is -0.410. The van der Waals surface area contributed by atoms with Crippen LogP contribution >= 0.6 is 0 Å². The van der Waals surface area contributed by atoms with Crippen molar-refractivity contribution >= 4 is 5.91 Å². The lowest BCUT2D eigenvalue weighted by atomic mass is 10.1. The van der Waals surface area contributed by atoms with Gasteiger partial charge in [-0.15, -0.1) is 0 Å². The Bertz CT molecular complexity index is 732. The van der Waals surface area contributed by atoms with Crippen LogP contribution in [0, 0.1) is 13.8 Å². The van der Waals surface area contributed by atoms with Crippen molar-refractivity contribution in [2.45, 2.75) is 39.8 Å². The van der Waals surface area contributed by atoms with Crippen molar-refractivity contribution < 1.29 is 9.53 Å². The van der Waals surface area contributed by atoms with Crippen LogP contribution in [0.2, 0.25) is 0 Å². The Morgan fingerprint density at radius 3 is 2.22 bits per heavy atom. The summed E-state index contributed by atoms with van der Waals surface area (Å²) in [7, 11) is 0. The van der Waals surface area contributed by atoms with Crippen molar-refractivity contribution in [2.75, 3.05) is 26.2 Å². The van der Waals surface area contributed by atoms with Crippen molar-refractivity contribution in [1.82, 2.24) is 9.80 Å². The zero-order valence-corrected chi connectivity index (χ0v) is 16.6. The summed E-state index contributed by atoms with van der Waals surface area (Å²) in [4.78, 5) is 17.3. The van der Waals surface area contributed by atoms with Crippen LogP contribution in [0.25, 0.3) is 0 Å². The Morgan fingerprint density at radius 1 is 1.00 bits per heavy atom. The molecule has 4 nitrogen and oxygen atoms in total. The largest absolute Gasteiger partial charge is 0.481 e. The maximum absolute atomic E-state index is 13.0. The fraction of sp³-hybridized carbons (Fsp3) is 0.435. The number of hydrogen-bond donors (Lipinski definition) is 0. The molecule has 1 aliphatic heterocycles. The summed E-state index contributed by atoms with van der Waals surface area (Å²) in [6, 6.07) is 16.6. The van der Waals surface area contributed by atoms with Gasteiger partial charge in [-0.05, 0) is 49.1 Å². The first kappa shape index (κ1) is 19.4. The van der Waals surface area contributed by atoms with Gasteiger partial charge in [0.25, 0.3) is 5.91 Å². The van der Waals surface area contributed by atoms with E-state index in [1.54, 1.807) is 0 Å². The van der Waals surface area contributed by atoms with E-state index in [1.165, 1.54) is 5.56 Å². The minimum Gasteiger partial charge on any atom is -0.481 e. The number of benzene rings is 2. The Morgan fingerprint density at radius 2 is 1.63 bits per heavy atom. The zero-order chi connectivity index (χ0) is 19.2. The SMILES string of the molecule is CC[C@H](Oc1cc(C)cc(C)c1)C(=O)N1CCN(Cc2ccccc2)CC1. The molecule has 0 unspecified atom stereocenters. The molecule has 0 N–H and O–H groups in total. The Hall–Kier alpha value is -2.33. The van der Waals surface area contributed by atoms with Gasteiger partial charge in [-0.2, -0.15) is 0 Å². The highest BCUT2D eigenvalue weighted by atomic mass is 16.5. The number of ether oxygens (including phenoxy) is 1. The molecule has 3 rings (SSSR count). The third-order valence-corrected chi connectivity index (χ3v) is 5.05. The first-order valence-electron chi connectivity index (χ1n) is 9.85. The van der Waals surface area contributed by atoms with Crippen molar-refractivity contribution in [3.8, 4) is 5.75 Å². The second-order valence-corrected chi connectivity index (χ2v) is 7.43. The van der Waals surface area contributed by atoms with Crippen molar-refractivity contribution in [3.05, 3.63) is 65.2 Å². The lowest BCUT2D eigenvalue weighted by molar-refractivity contribution is -0.140. The highest BCUT2D eigenvalue weighted by Gasteiger charge is 2.28. The smallest absolute Gasteiger partial charge is 0.263 e. The number of nitrogens with zero attached hydrogens (tertiary/aromatic N) is 2. The van der Waals surface area contributed by atoms with Crippen LogP contribution in [-0.4, -0.2) is 48.0 Å². The predicted octanol–water partition coefficient (Wildman–Crippen LogP) is 3.81. The topological polar surface area (TPSA) is 32.8 Å². The summed E-state index contributed by atoms with van der Waals surface area (Å²) in [6.45, 7) is 10.4. The molecule has 1 aliphatic rings. The molecule has 1 saturated heterocycles. The van der Waals surface area contributed by atoms with Crippen molar-refractivity contribution in [2.24, 2.45) is 0 Å². The van der Waals surface area contributed by atoms with E-state index in [9.17, 15) is 4.79 Å². The summed E-state index contributed by atoms with van der Waals surface area (Å²) >= 11 is 0. The second-order valence-electron chi connectivity index (χ2n) is 7.43. The van der Waals surface area contributed by atoms with Gasteiger partial charge in [0, 0.05) is 32.7 Å². The van der Waals surface area contributed by atoms with Crippen molar-refractivity contribution in [1.29, 1.82) is 0 Å². The van der Waals surface area contributed by atoms with Crippen LogP contribution in [0.4, 0.5) is 0 Å². The van der Waals surface area contributed by atoms with Crippen LogP contribution in [0.1, 0.15) is 30.0 Å². The van der Waals surface area contributed by atoms with Gasteiger partial charge < -0.3 is 9.64 Å². The van der Waals surface area contributed by atoms with E-state index in [2.05, 4.69) is 49.1 Å². The van der Waals surface area contributed by atoms with Gasteiger partial charge in [0.2, 0.25) is 0 Å². The minimum absolute atomic E-state index is 0.107. The molecule has 2 aromatic carbocycles. The van der Waals surface area contributed by atoms with Gasteiger partial charge >= 0.3 is 0 Å². The lowest BCUT2D eigenvalue weighted by Gasteiger charge is -2.36. The van der Waals surface area contributed by atoms with E-state index in [-0.39, 0.29) is 5.91 Å². The molecule has 27 heavy (non-hydrogen) atoms. The molecule has 144 valence electrons. The molecule has 2 aromatic rings. The number of amides is 1. The van der Waals surface area contributed by atoms with E-state index < -0.39 is 6.10 Å². The number of carbonyl (C=O) groups is 1. The van der Waals surface area contributed by atoms with Crippen LogP contribution in [0.3, 0.4) is 0 Å². The predicted molar refractivity (Wildman–Crippen MR) is 109 cm³/mol. The summed E-state index contributed by atoms with van der Waals surface area (Å²) in [5.74, 6) is 0.895. The van der Waals surface area contributed by atoms with Gasteiger partial charge in [-0.1, -0.05) is 43.3 Å². The fourth-order valence-electron chi connectivity index (χ4n) is 3.65. The van der Waals surface area contributed by atoms with E-state index in [4.69, 9.17) is 4.74 Å². The number of hydrogen-bond acceptors (Lipinski definition) is 3. The van der Waals surface area contributed by atoms with Crippen LogP contribution in [0.15, 0.2) is 48.5 Å². The van der Waals surface area contributed by atoms with Gasteiger partial charge in [0.05, 0.1) is 0 Å². The third kappa shape index (κ3) is 5.33. The first-order valence-corrected chi connectivity index (χ1v) is 9.85. The molecular formula is C23H30N2O2. The van der Waals surface area contributed by atoms with Gasteiger partial charge in [0.15, 0.2) is 6.10 Å². The number of carbonyl (C=O) groups excluding carboxylic acids is 1. The third-order valence-electron chi connectivity index (χ3n) is 5.05. The summed E-state index contributed by atoms with van der Waals surface area (Å²) in [5, 5.41) is 0. The Labute approximate surface area is 162 Å². The fourth-order valence-corrected chi connectivity index (χ4v) is 3.65. The maximum atomic E-state index is 13.0. The summed E-state index contributed by atoms with van der Waals surface area (Å²) in [6.07, 6.45) is 0.266. The molecule has 0 aromatic heterocycles. The van der Waals surface area contributed by atoms with E-state index >= 15 is 0 Å². The lowest BCUT2D eigenvalue weighted by Crippen LogP contribution is -2.52. The average Bonchev–Trinajstić information content (AvgIpc) is 2.66. The van der Waals surface area contributed by atoms with Crippen LogP contribution in [-0.2, 0) is 11.3 Å². The molecule has 0 saturated carbocycles. The van der Waals surface area contributed by atoms with E-state index in [0.717, 1.165) is 49.6 Å². The molecule has 1 fully saturated rings. The molecule has 0 aliphatic carbocycles. The Kier molecular flexibility index (Phi) is 6.51. The highest BCUT2D eigenvalue weighted by Crippen LogP contribution is 2.20. The van der Waals surface area contributed by atoms with Gasteiger partial charge in [0.1, 0.15) is 5.75 Å². The standard InChI is InChI=1S/C23H30N2O2/c1-4-22(27-21-15-18(2)14-19(3)16-21)23(26)25-12-10-24(11-13-25)17-20-8-6-5-7-9-20/h5-9,14-16,22H,4,10-13,17H2,1-3H3/t22-/m0/s1. The average molecular weight is 367 g/mol. The summed E-state index contributed by atoms with van der Waals surface area (Å²) < 4.78 is 6.06. The Balaban J connectivity index is 1.55. The molecular weight excluding hydrogens is 336 g/mol. The van der Waals surface area contributed by atoms with Crippen LogP contribution < -0.4 is 4.74 Å². The van der Waals surface area contributed by atoms with E-state index in [1.807, 2.05) is 30.0 Å². The molecule has 1 heterocycles. The molecule has 0 spiro atoms. The quantitative estimate of drug-likeness (QED) is 0.779. The monoisotopic (exact) mass is 366 g/mol. The molecule has 1 amide bonds. The second kappa shape index (κ2) is 9.05. The zero-order valence-electron chi connectivity index (χ0n) is 16.6. The number of piperazine rings is 1. The molecule has 1 atom stereocenters. The summed E-state index contributed by atoms with van der Waals surface area (Å²) in [5.41, 5.74) is 3.63. The molecule has 4 heteroatoms. The van der Waals surface area contributed by atoms with Crippen molar-refractivity contribution in [3.63, 3.8) is 0 Å². The van der Waals surface area contributed by atoms with E-state index in [0.29, 0.717) is 6.42 Å². The van der Waals surface area contributed by atoms with Gasteiger partial charge in [-0.25, -0.2) is 0 Å². The maximum Gasteiger partial charge on any atom is 0.263 e. The normalized spacial score (nSPS) is 16.2. The highest BCUT2D eigenvalue weighted by molar-refractivity contribution is 5.81. The first-order chi connectivity index (χ1) is 13.0. The molecule has 0 radical (unpaired) electrons. The van der Waals surface area contributed by atoms with Crippen LogP contribution in [0.5, 0.6) is 5.75 Å². The van der Waals surface area contributed by atoms with Gasteiger partial charge in [-0.3, -0.25) is 9.69 Å². The number of aryl methyl sites for hydroxylation is 2.